The van der Waals surface area contributed by atoms with Gasteiger partial charge in [0.05, 0.1) is 0 Å². The Morgan fingerprint density at radius 3 is 2.46 bits per heavy atom. The van der Waals surface area contributed by atoms with Crippen molar-refractivity contribution in [3.8, 4) is 22.5 Å². The molecule has 0 amide bonds. The fourth-order valence-electron chi connectivity index (χ4n) is 4.14. The summed E-state index contributed by atoms with van der Waals surface area (Å²) in [5.41, 5.74) is 4.04. The van der Waals surface area contributed by atoms with Crippen molar-refractivity contribution in [1.29, 1.82) is 0 Å². The molecular weight excluding hydrogens is 444 g/mol. The zero-order valence-corrected chi connectivity index (χ0v) is 20.7. The summed E-state index contributed by atoms with van der Waals surface area (Å²) in [7, 11) is 3.31. The van der Waals surface area contributed by atoms with Crippen LogP contribution in [0.3, 0.4) is 0 Å². The minimum Gasteiger partial charge on any atom is -0.347 e. The molecule has 0 bridgehead atoms. The van der Waals surface area contributed by atoms with Crippen LogP contribution in [0.5, 0.6) is 0 Å². The lowest BCUT2D eigenvalue weighted by Crippen LogP contribution is -2.32. The zero-order chi connectivity index (χ0) is 24.7. The largest absolute Gasteiger partial charge is 0.347 e. The Hall–Kier alpha value is -3.50. The first-order valence-corrected chi connectivity index (χ1v) is 12.0. The van der Waals surface area contributed by atoms with E-state index in [4.69, 9.17) is 19.6 Å². The predicted octanol–water partition coefficient (Wildman–Crippen LogP) is 4.16. The molecule has 1 aromatic carbocycles. The first-order chi connectivity index (χ1) is 17.1. The van der Waals surface area contributed by atoms with Crippen molar-refractivity contribution in [2.24, 2.45) is 0 Å². The van der Waals surface area contributed by atoms with Crippen LogP contribution in [0.2, 0.25) is 0 Å². The van der Waals surface area contributed by atoms with Crippen LogP contribution < -0.4 is 0 Å². The number of aromatic amines is 1. The average Bonchev–Trinajstić information content (AvgIpc) is 3.57. The van der Waals surface area contributed by atoms with Crippen LogP contribution in [0.4, 0.5) is 0 Å². The van der Waals surface area contributed by atoms with Crippen LogP contribution in [0.25, 0.3) is 22.5 Å². The van der Waals surface area contributed by atoms with Gasteiger partial charge in [0.2, 0.25) is 11.6 Å². The Bertz CT molecular complexity index is 1200. The van der Waals surface area contributed by atoms with Gasteiger partial charge >= 0.3 is 0 Å². The van der Waals surface area contributed by atoms with Crippen LogP contribution in [0, 0.1) is 0 Å². The van der Waals surface area contributed by atoms with Gasteiger partial charge in [-0.25, -0.2) is 14.8 Å². The van der Waals surface area contributed by atoms with Crippen molar-refractivity contribution in [3.63, 3.8) is 0 Å². The van der Waals surface area contributed by atoms with Gasteiger partial charge in [-0.3, -0.25) is 4.98 Å². The van der Waals surface area contributed by atoms with Crippen molar-refractivity contribution in [3.05, 3.63) is 59.9 Å². The van der Waals surface area contributed by atoms with E-state index in [1.54, 1.807) is 26.6 Å². The fraction of sp³-hybridized carbons (Fsp3) is 0.440. The molecule has 0 atom stereocenters. The molecule has 0 saturated carbocycles. The lowest BCUT2D eigenvalue weighted by Gasteiger charge is -2.27. The van der Waals surface area contributed by atoms with Gasteiger partial charge in [0.1, 0.15) is 5.82 Å². The second-order valence-corrected chi connectivity index (χ2v) is 8.38. The number of hydrogen-bond donors (Lipinski definition) is 1. The Morgan fingerprint density at radius 2 is 1.80 bits per heavy atom. The summed E-state index contributed by atoms with van der Waals surface area (Å²) in [6.45, 7) is 5.06. The third-order valence-electron chi connectivity index (χ3n) is 6.09. The lowest BCUT2D eigenvalue weighted by atomic mass is 9.99. The standard InChI is InChI=1S/C25H32N8O2/c1-5-7-13-25(34-3,35-4)24-27-22(33(30-24)15-6-2)16-18-8-10-19(11-9-18)20-12-14-26-17-21(20)23-28-31-32-29-23/h8-12,14,17H,5-7,13,15-16H2,1-4H3,(H,28,29,31,32). The number of tetrazole rings is 1. The fourth-order valence-corrected chi connectivity index (χ4v) is 4.14. The topological polar surface area (TPSA) is 117 Å². The van der Waals surface area contributed by atoms with Gasteiger partial charge in [-0.1, -0.05) is 44.5 Å². The van der Waals surface area contributed by atoms with Crippen LogP contribution in [-0.2, 0) is 28.2 Å². The minimum atomic E-state index is -0.930. The number of nitrogens with zero attached hydrogens (tertiary/aromatic N) is 7. The molecule has 0 saturated heterocycles. The van der Waals surface area contributed by atoms with Gasteiger partial charge in [-0.2, -0.15) is 5.10 Å². The van der Waals surface area contributed by atoms with Gasteiger partial charge in [0.25, 0.3) is 0 Å². The highest BCUT2D eigenvalue weighted by atomic mass is 16.7. The smallest absolute Gasteiger partial charge is 0.231 e. The van der Waals surface area contributed by atoms with Gasteiger partial charge in [0.15, 0.2) is 5.82 Å². The van der Waals surface area contributed by atoms with Crippen LogP contribution in [0.1, 0.15) is 56.7 Å². The van der Waals surface area contributed by atoms with E-state index in [9.17, 15) is 0 Å². The molecule has 0 spiro atoms. The van der Waals surface area contributed by atoms with Crippen molar-refractivity contribution < 1.29 is 9.47 Å². The monoisotopic (exact) mass is 476 g/mol. The highest BCUT2D eigenvalue weighted by molar-refractivity contribution is 5.79. The average molecular weight is 477 g/mol. The summed E-state index contributed by atoms with van der Waals surface area (Å²) in [5, 5.41) is 19.0. The van der Waals surface area contributed by atoms with E-state index in [1.807, 2.05) is 10.7 Å². The van der Waals surface area contributed by atoms with Crippen molar-refractivity contribution in [2.45, 2.75) is 58.3 Å². The number of H-pyrrole nitrogens is 1. The van der Waals surface area contributed by atoms with Crippen LogP contribution >= 0.6 is 0 Å². The van der Waals surface area contributed by atoms with Crippen molar-refractivity contribution in [2.75, 3.05) is 14.2 Å². The highest BCUT2D eigenvalue weighted by Gasteiger charge is 2.37. The number of ether oxygens (including phenoxy) is 2. The second kappa shape index (κ2) is 11.3. The summed E-state index contributed by atoms with van der Waals surface area (Å²) in [6, 6.07) is 10.4. The van der Waals surface area contributed by atoms with E-state index in [0.717, 1.165) is 53.9 Å². The number of aromatic nitrogens is 8. The minimum absolute atomic E-state index is 0.582. The molecule has 0 radical (unpaired) electrons. The summed E-state index contributed by atoms with van der Waals surface area (Å²) in [5.74, 6) is 1.13. The maximum atomic E-state index is 5.80. The molecule has 0 fully saturated rings. The third-order valence-corrected chi connectivity index (χ3v) is 6.09. The molecule has 184 valence electrons. The number of benzene rings is 1. The summed E-state index contributed by atoms with van der Waals surface area (Å²) in [6.07, 6.45) is 7.84. The van der Waals surface area contributed by atoms with Crippen molar-refractivity contribution >= 4 is 0 Å². The maximum absolute atomic E-state index is 5.80. The van der Waals surface area contributed by atoms with E-state index in [-0.39, 0.29) is 0 Å². The Morgan fingerprint density at radius 1 is 1.00 bits per heavy atom. The number of hydrogen-bond acceptors (Lipinski definition) is 8. The van der Waals surface area contributed by atoms with Gasteiger partial charge in [0, 0.05) is 51.6 Å². The van der Waals surface area contributed by atoms with Gasteiger partial charge in [-0.05, 0) is 46.0 Å². The highest BCUT2D eigenvalue weighted by Crippen LogP contribution is 2.31. The third kappa shape index (κ3) is 5.28. The number of pyridine rings is 1. The molecule has 0 aliphatic heterocycles. The quantitative estimate of drug-likeness (QED) is 0.303. The first kappa shape index (κ1) is 24.6. The van der Waals surface area contributed by atoms with Crippen molar-refractivity contribution in [1.82, 2.24) is 40.4 Å². The predicted molar refractivity (Wildman–Crippen MR) is 131 cm³/mol. The number of nitrogens with one attached hydrogen (secondary N) is 1. The van der Waals surface area contributed by atoms with E-state index in [0.29, 0.717) is 24.5 Å². The molecule has 4 rings (SSSR count). The number of methoxy groups -OCH3 is 2. The normalized spacial score (nSPS) is 11.8. The van der Waals surface area contributed by atoms with Crippen LogP contribution in [-0.4, -0.2) is 54.6 Å². The summed E-state index contributed by atoms with van der Waals surface area (Å²) in [4.78, 5) is 9.11. The first-order valence-electron chi connectivity index (χ1n) is 12.0. The SMILES string of the molecule is CCCCC(OC)(OC)c1nc(Cc2ccc(-c3ccncc3-c3nnn[nH]3)cc2)n(CCC)n1. The molecule has 10 heteroatoms. The van der Waals surface area contributed by atoms with E-state index in [2.05, 4.69) is 63.7 Å². The van der Waals surface area contributed by atoms with Crippen LogP contribution in [0.15, 0.2) is 42.7 Å². The Kier molecular flexibility index (Phi) is 7.94. The van der Waals surface area contributed by atoms with E-state index < -0.39 is 5.79 Å². The molecule has 0 aliphatic rings. The van der Waals surface area contributed by atoms with E-state index >= 15 is 0 Å². The lowest BCUT2D eigenvalue weighted by molar-refractivity contribution is -0.226. The number of unbranched alkanes of at least 4 members (excludes halogenated alkanes) is 1. The number of aryl methyl sites for hydroxylation is 1. The van der Waals surface area contributed by atoms with Gasteiger partial charge in [-0.15, -0.1) is 5.10 Å². The van der Waals surface area contributed by atoms with Gasteiger partial charge < -0.3 is 9.47 Å². The maximum Gasteiger partial charge on any atom is 0.231 e. The molecule has 3 heterocycles. The number of rotatable bonds is 12. The summed E-state index contributed by atoms with van der Waals surface area (Å²) < 4.78 is 13.6. The summed E-state index contributed by atoms with van der Waals surface area (Å²) >= 11 is 0. The zero-order valence-electron chi connectivity index (χ0n) is 20.7. The molecular formula is C25H32N8O2. The molecule has 35 heavy (non-hydrogen) atoms. The molecule has 10 nitrogen and oxygen atoms in total. The molecule has 4 aromatic rings. The Labute approximate surface area is 205 Å². The molecule has 0 aliphatic carbocycles. The second-order valence-electron chi connectivity index (χ2n) is 8.38. The molecule has 3 aromatic heterocycles. The molecule has 1 N–H and O–H groups in total. The molecule has 0 unspecified atom stereocenters. The van der Waals surface area contributed by atoms with E-state index in [1.165, 1.54) is 0 Å². The Balaban J connectivity index is 1.61.